The summed E-state index contributed by atoms with van der Waals surface area (Å²) < 4.78 is 25.7. The molecule has 0 saturated carbocycles. The zero-order valence-corrected chi connectivity index (χ0v) is 15.2. The van der Waals surface area contributed by atoms with Crippen molar-refractivity contribution in [2.24, 2.45) is 9.98 Å². The molecule has 134 valence electrons. The fourth-order valence-corrected chi connectivity index (χ4v) is 4.85. The third kappa shape index (κ3) is 3.29. The van der Waals surface area contributed by atoms with Crippen molar-refractivity contribution in [1.82, 2.24) is 5.32 Å². The normalized spacial score (nSPS) is 19.8. The zero-order chi connectivity index (χ0) is 18.0. The third-order valence-electron chi connectivity index (χ3n) is 4.87. The van der Waals surface area contributed by atoms with Gasteiger partial charge in [-0.2, -0.15) is 0 Å². The second kappa shape index (κ2) is 7.03. The molecule has 1 N–H and O–H groups in total. The molecule has 0 radical (unpaired) electrons. The molecule has 1 heterocycles. The molecular formula is C20H21N3O2S. The number of aryl methyl sites for hydroxylation is 1. The minimum Gasteiger partial charge on any atom is -0.353 e. The lowest BCUT2D eigenvalue weighted by Crippen LogP contribution is -2.18. The molecular weight excluding hydrogens is 346 g/mol. The number of fused-ring (bicyclic) bond motifs is 1. The van der Waals surface area contributed by atoms with Gasteiger partial charge >= 0.3 is 0 Å². The molecule has 1 unspecified atom stereocenters. The Balaban J connectivity index is 1.64. The van der Waals surface area contributed by atoms with Crippen LogP contribution in [0.3, 0.4) is 0 Å². The van der Waals surface area contributed by atoms with Crippen LogP contribution in [0.15, 0.2) is 68.3 Å². The largest absolute Gasteiger partial charge is 0.353 e. The van der Waals surface area contributed by atoms with Gasteiger partial charge in [-0.3, -0.25) is 0 Å². The maximum Gasteiger partial charge on any atom is 0.217 e. The number of benzene rings is 2. The SMILES string of the molecule is O=S(=O)(c1ccccc1)c1ccc2c(c1)CCCC2C=NC1=NCCN1. The summed E-state index contributed by atoms with van der Waals surface area (Å²) in [5, 5.41) is 3.14. The Kier molecular flexibility index (Phi) is 4.59. The number of nitrogens with one attached hydrogen (secondary N) is 1. The molecule has 26 heavy (non-hydrogen) atoms. The van der Waals surface area contributed by atoms with Crippen molar-refractivity contribution in [2.75, 3.05) is 13.1 Å². The Morgan fingerprint density at radius 3 is 2.73 bits per heavy atom. The molecule has 2 aliphatic rings. The fraction of sp³-hybridized carbons (Fsp3) is 0.300. The van der Waals surface area contributed by atoms with E-state index in [9.17, 15) is 8.42 Å². The first-order valence-electron chi connectivity index (χ1n) is 8.90. The average Bonchev–Trinajstić information content (AvgIpc) is 3.20. The van der Waals surface area contributed by atoms with Crippen molar-refractivity contribution < 1.29 is 8.42 Å². The number of nitrogens with zero attached hydrogens (tertiary/aromatic N) is 2. The van der Waals surface area contributed by atoms with Crippen molar-refractivity contribution >= 4 is 22.0 Å². The lowest BCUT2D eigenvalue weighted by Gasteiger charge is -2.23. The van der Waals surface area contributed by atoms with E-state index in [1.54, 1.807) is 30.3 Å². The van der Waals surface area contributed by atoms with Crippen LogP contribution < -0.4 is 5.32 Å². The van der Waals surface area contributed by atoms with Crippen LogP contribution in [0.2, 0.25) is 0 Å². The second-order valence-corrected chi connectivity index (χ2v) is 8.54. The summed E-state index contributed by atoms with van der Waals surface area (Å²) >= 11 is 0. The number of rotatable bonds is 3. The second-order valence-electron chi connectivity index (χ2n) is 6.59. The van der Waals surface area contributed by atoms with E-state index < -0.39 is 9.84 Å². The van der Waals surface area contributed by atoms with Crippen LogP contribution in [-0.2, 0) is 16.3 Å². The summed E-state index contributed by atoms with van der Waals surface area (Å²) in [7, 11) is -3.48. The minimum absolute atomic E-state index is 0.206. The van der Waals surface area contributed by atoms with Gasteiger partial charge in [-0.25, -0.2) is 18.4 Å². The van der Waals surface area contributed by atoms with Crippen LogP contribution in [0.1, 0.15) is 29.9 Å². The first-order chi connectivity index (χ1) is 12.6. The van der Waals surface area contributed by atoms with Gasteiger partial charge in [-0.05, 0) is 54.7 Å². The Morgan fingerprint density at radius 2 is 1.96 bits per heavy atom. The molecule has 0 saturated heterocycles. The van der Waals surface area contributed by atoms with Crippen molar-refractivity contribution in [3.63, 3.8) is 0 Å². The van der Waals surface area contributed by atoms with Gasteiger partial charge in [0.15, 0.2) is 0 Å². The molecule has 2 aromatic carbocycles. The summed E-state index contributed by atoms with van der Waals surface area (Å²) in [6.07, 6.45) is 4.89. The molecule has 2 aromatic rings. The van der Waals surface area contributed by atoms with E-state index in [4.69, 9.17) is 0 Å². The summed E-state index contributed by atoms with van der Waals surface area (Å²) in [6.45, 7) is 1.61. The molecule has 4 rings (SSSR count). The van der Waals surface area contributed by atoms with Crippen molar-refractivity contribution in [2.45, 2.75) is 35.0 Å². The first kappa shape index (κ1) is 17.0. The number of sulfone groups is 1. The highest BCUT2D eigenvalue weighted by molar-refractivity contribution is 7.91. The van der Waals surface area contributed by atoms with E-state index in [1.807, 2.05) is 24.4 Å². The van der Waals surface area contributed by atoms with E-state index in [1.165, 1.54) is 5.56 Å². The summed E-state index contributed by atoms with van der Waals surface area (Å²) in [4.78, 5) is 9.44. The molecule has 0 amide bonds. The highest BCUT2D eigenvalue weighted by atomic mass is 32.2. The topological polar surface area (TPSA) is 70.9 Å². The number of hydrogen-bond acceptors (Lipinski definition) is 5. The lowest BCUT2D eigenvalue weighted by atomic mass is 9.83. The van der Waals surface area contributed by atoms with E-state index in [-0.39, 0.29) is 5.92 Å². The summed E-state index contributed by atoms with van der Waals surface area (Å²) in [5.41, 5.74) is 2.27. The van der Waals surface area contributed by atoms with Crippen LogP contribution in [-0.4, -0.2) is 33.7 Å². The molecule has 0 bridgehead atoms. The summed E-state index contributed by atoms with van der Waals surface area (Å²) in [6, 6.07) is 14.1. The molecule has 1 aliphatic heterocycles. The zero-order valence-electron chi connectivity index (χ0n) is 14.4. The maximum absolute atomic E-state index is 12.9. The predicted octanol–water partition coefficient (Wildman–Crippen LogP) is 2.97. The highest BCUT2D eigenvalue weighted by Gasteiger charge is 2.23. The van der Waals surface area contributed by atoms with Crippen molar-refractivity contribution in [3.8, 4) is 0 Å². The van der Waals surface area contributed by atoms with Crippen LogP contribution in [0.4, 0.5) is 0 Å². The molecule has 0 fully saturated rings. The Hall–Kier alpha value is -2.47. The molecule has 5 nitrogen and oxygen atoms in total. The minimum atomic E-state index is -3.48. The maximum atomic E-state index is 12.9. The van der Waals surface area contributed by atoms with Gasteiger partial charge in [-0.15, -0.1) is 0 Å². The van der Waals surface area contributed by atoms with Crippen LogP contribution >= 0.6 is 0 Å². The number of guanidine groups is 1. The molecule has 1 aliphatic carbocycles. The van der Waals surface area contributed by atoms with Crippen LogP contribution in [0.5, 0.6) is 0 Å². The molecule has 1 atom stereocenters. The predicted molar refractivity (Wildman–Crippen MR) is 103 cm³/mol. The Bertz CT molecular complexity index is 966. The fourth-order valence-electron chi connectivity index (χ4n) is 3.52. The van der Waals surface area contributed by atoms with E-state index in [0.29, 0.717) is 15.8 Å². The van der Waals surface area contributed by atoms with Gasteiger partial charge in [-0.1, -0.05) is 24.3 Å². The lowest BCUT2D eigenvalue weighted by molar-refractivity contribution is 0.595. The van der Waals surface area contributed by atoms with Crippen molar-refractivity contribution in [1.29, 1.82) is 0 Å². The third-order valence-corrected chi connectivity index (χ3v) is 6.64. The van der Waals surface area contributed by atoms with E-state index in [0.717, 1.165) is 37.9 Å². The van der Waals surface area contributed by atoms with Gasteiger partial charge in [0.2, 0.25) is 15.8 Å². The Morgan fingerprint density at radius 1 is 1.12 bits per heavy atom. The molecule has 6 heteroatoms. The summed E-state index contributed by atoms with van der Waals surface area (Å²) in [5.74, 6) is 0.901. The number of aliphatic imine (C=N–C) groups is 2. The van der Waals surface area contributed by atoms with Gasteiger partial charge in [0.25, 0.3) is 0 Å². The Labute approximate surface area is 153 Å². The quantitative estimate of drug-likeness (QED) is 0.848. The molecule has 0 aromatic heterocycles. The van der Waals surface area contributed by atoms with Gasteiger partial charge in [0.1, 0.15) is 0 Å². The van der Waals surface area contributed by atoms with E-state index >= 15 is 0 Å². The molecule has 0 spiro atoms. The van der Waals surface area contributed by atoms with Gasteiger partial charge in [0.05, 0.1) is 16.3 Å². The van der Waals surface area contributed by atoms with Crippen LogP contribution in [0.25, 0.3) is 0 Å². The standard InChI is InChI=1S/C20H21N3O2S/c24-26(25,17-7-2-1-3-8-17)18-9-10-19-15(13-18)5-4-6-16(19)14-23-20-21-11-12-22-20/h1-3,7-10,13-14,16H,4-6,11-12H2,(H,21,22). The number of hydrogen-bond donors (Lipinski definition) is 1. The first-order valence-corrected chi connectivity index (χ1v) is 10.4. The smallest absolute Gasteiger partial charge is 0.217 e. The van der Waals surface area contributed by atoms with Gasteiger partial charge in [0, 0.05) is 18.7 Å². The van der Waals surface area contributed by atoms with E-state index in [2.05, 4.69) is 15.3 Å². The average molecular weight is 367 g/mol. The highest BCUT2D eigenvalue weighted by Crippen LogP contribution is 2.33. The van der Waals surface area contributed by atoms with Crippen LogP contribution in [0, 0.1) is 0 Å². The van der Waals surface area contributed by atoms with Crippen molar-refractivity contribution in [3.05, 3.63) is 59.7 Å². The van der Waals surface area contributed by atoms with Gasteiger partial charge < -0.3 is 5.32 Å². The monoisotopic (exact) mass is 367 g/mol.